The Hall–Kier alpha value is -2.94. The Balaban J connectivity index is 1.80. The van der Waals surface area contributed by atoms with E-state index < -0.39 is 5.97 Å². The SMILES string of the molecule is CCCn1c(=O)n(CC(=O)Nc2nc(C(=O)OCC)cs2)c2ccccc21. The van der Waals surface area contributed by atoms with Crippen LogP contribution in [0, 0.1) is 0 Å². The molecule has 0 unspecified atom stereocenters. The van der Waals surface area contributed by atoms with Crippen LogP contribution in [0.5, 0.6) is 0 Å². The van der Waals surface area contributed by atoms with E-state index >= 15 is 0 Å². The van der Waals surface area contributed by atoms with Gasteiger partial charge in [0.2, 0.25) is 5.91 Å². The largest absolute Gasteiger partial charge is 0.461 e. The van der Waals surface area contributed by atoms with Crippen molar-refractivity contribution in [2.45, 2.75) is 33.4 Å². The summed E-state index contributed by atoms with van der Waals surface area (Å²) in [6.07, 6.45) is 0.815. The second-order valence-corrected chi connectivity index (χ2v) is 6.67. The summed E-state index contributed by atoms with van der Waals surface area (Å²) in [7, 11) is 0. The molecule has 27 heavy (non-hydrogen) atoms. The first kappa shape index (κ1) is 18.8. The zero-order valence-corrected chi connectivity index (χ0v) is 15.9. The highest BCUT2D eigenvalue weighted by molar-refractivity contribution is 7.14. The summed E-state index contributed by atoms with van der Waals surface area (Å²) in [6.45, 7) is 4.41. The monoisotopic (exact) mass is 388 g/mol. The second kappa shape index (κ2) is 8.17. The minimum Gasteiger partial charge on any atom is -0.461 e. The Morgan fingerprint density at radius 1 is 1.19 bits per heavy atom. The number of esters is 1. The molecular formula is C18H20N4O4S. The predicted octanol–water partition coefficient (Wildman–Crippen LogP) is 2.48. The molecule has 0 fully saturated rings. The van der Waals surface area contributed by atoms with Crippen LogP contribution in [-0.4, -0.2) is 32.6 Å². The quantitative estimate of drug-likeness (QED) is 0.628. The molecule has 3 aromatic rings. The van der Waals surface area contributed by atoms with Crippen molar-refractivity contribution in [2.24, 2.45) is 0 Å². The maximum atomic E-state index is 12.7. The van der Waals surface area contributed by atoms with Crippen LogP contribution >= 0.6 is 11.3 Å². The fraction of sp³-hybridized carbons (Fsp3) is 0.333. The van der Waals surface area contributed by atoms with Crippen molar-refractivity contribution in [3.63, 3.8) is 0 Å². The number of carbonyl (C=O) groups is 2. The third-order valence-corrected chi connectivity index (χ3v) is 4.67. The van der Waals surface area contributed by atoms with E-state index in [1.807, 2.05) is 31.2 Å². The van der Waals surface area contributed by atoms with Crippen LogP contribution in [-0.2, 0) is 22.6 Å². The summed E-state index contributed by atoms with van der Waals surface area (Å²) in [5, 5.41) is 4.44. The van der Waals surface area contributed by atoms with Crippen LogP contribution in [0.4, 0.5) is 5.13 Å². The van der Waals surface area contributed by atoms with E-state index in [2.05, 4.69) is 10.3 Å². The number of imidazole rings is 1. The van der Waals surface area contributed by atoms with E-state index in [1.165, 1.54) is 9.95 Å². The Bertz CT molecular complexity index is 1030. The molecule has 0 saturated heterocycles. The lowest BCUT2D eigenvalue weighted by Crippen LogP contribution is -2.29. The van der Waals surface area contributed by atoms with E-state index in [1.54, 1.807) is 11.5 Å². The molecule has 0 spiro atoms. The Morgan fingerprint density at radius 3 is 2.56 bits per heavy atom. The van der Waals surface area contributed by atoms with Gasteiger partial charge in [-0.25, -0.2) is 14.6 Å². The average molecular weight is 388 g/mol. The number of nitrogens with one attached hydrogen (secondary N) is 1. The van der Waals surface area contributed by atoms with Gasteiger partial charge in [0.1, 0.15) is 6.54 Å². The van der Waals surface area contributed by atoms with Gasteiger partial charge in [-0.15, -0.1) is 11.3 Å². The Morgan fingerprint density at radius 2 is 1.89 bits per heavy atom. The highest BCUT2D eigenvalue weighted by Crippen LogP contribution is 2.17. The molecule has 0 saturated carbocycles. The smallest absolute Gasteiger partial charge is 0.357 e. The van der Waals surface area contributed by atoms with Crippen molar-refractivity contribution in [1.82, 2.24) is 14.1 Å². The zero-order chi connectivity index (χ0) is 19.4. The summed E-state index contributed by atoms with van der Waals surface area (Å²) in [6, 6.07) is 7.38. The molecule has 1 amide bonds. The second-order valence-electron chi connectivity index (χ2n) is 5.82. The van der Waals surface area contributed by atoms with Crippen molar-refractivity contribution < 1.29 is 14.3 Å². The third kappa shape index (κ3) is 3.92. The number of anilines is 1. The number of fused-ring (bicyclic) bond motifs is 1. The number of rotatable bonds is 7. The number of ether oxygens (including phenoxy) is 1. The van der Waals surface area contributed by atoms with Gasteiger partial charge in [0.25, 0.3) is 0 Å². The standard InChI is InChI=1S/C18H20N4O4S/c1-3-9-21-13-7-5-6-8-14(13)22(18(21)25)10-15(23)20-17-19-12(11-27-17)16(24)26-4-2/h5-8,11H,3-4,9-10H2,1-2H3,(H,19,20,23). The molecule has 2 aromatic heterocycles. The van der Waals surface area contributed by atoms with Gasteiger partial charge in [-0.1, -0.05) is 19.1 Å². The van der Waals surface area contributed by atoms with Gasteiger partial charge in [0.05, 0.1) is 17.6 Å². The van der Waals surface area contributed by atoms with E-state index in [-0.39, 0.29) is 35.6 Å². The highest BCUT2D eigenvalue weighted by Gasteiger charge is 2.17. The van der Waals surface area contributed by atoms with Gasteiger partial charge in [-0.3, -0.25) is 13.9 Å². The molecular weight excluding hydrogens is 368 g/mol. The summed E-state index contributed by atoms with van der Waals surface area (Å²) in [4.78, 5) is 40.8. The highest BCUT2D eigenvalue weighted by atomic mass is 32.1. The van der Waals surface area contributed by atoms with Crippen molar-refractivity contribution >= 4 is 39.4 Å². The number of hydrogen-bond acceptors (Lipinski definition) is 6. The topological polar surface area (TPSA) is 95.2 Å². The van der Waals surface area contributed by atoms with Crippen LogP contribution in [0.2, 0.25) is 0 Å². The number of thiazole rings is 1. The normalized spacial score (nSPS) is 10.9. The Labute approximate surface area is 159 Å². The average Bonchev–Trinajstić information content (AvgIpc) is 3.21. The molecule has 0 aliphatic heterocycles. The van der Waals surface area contributed by atoms with E-state index in [4.69, 9.17) is 4.74 Å². The number of hydrogen-bond donors (Lipinski definition) is 1. The number of carbonyl (C=O) groups excluding carboxylic acids is 2. The fourth-order valence-corrected chi connectivity index (χ4v) is 3.49. The molecule has 8 nitrogen and oxygen atoms in total. The molecule has 0 radical (unpaired) electrons. The minimum atomic E-state index is -0.534. The summed E-state index contributed by atoms with van der Waals surface area (Å²) < 4.78 is 7.99. The van der Waals surface area contributed by atoms with Gasteiger partial charge in [-0.05, 0) is 25.5 Å². The van der Waals surface area contributed by atoms with E-state index in [9.17, 15) is 14.4 Å². The lowest BCUT2D eigenvalue weighted by atomic mass is 10.3. The number of nitrogens with zero attached hydrogens (tertiary/aromatic N) is 3. The van der Waals surface area contributed by atoms with Crippen molar-refractivity contribution in [3.8, 4) is 0 Å². The predicted molar refractivity (Wildman–Crippen MR) is 103 cm³/mol. The van der Waals surface area contributed by atoms with Gasteiger partial charge < -0.3 is 10.1 Å². The third-order valence-electron chi connectivity index (χ3n) is 3.91. The maximum absolute atomic E-state index is 12.7. The molecule has 1 N–H and O–H groups in total. The first-order chi connectivity index (χ1) is 13.0. The lowest BCUT2D eigenvalue weighted by Gasteiger charge is -2.03. The van der Waals surface area contributed by atoms with Gasteiger partial charge in [-0.2, -0.15) is 0 Å². The number of benzene rings is 1. The summed E-state index contributed by atoms with van der Waals surface area (Å²) in [5.41, 5.74) is 1.43. The minimum absolute atomic E-state index is 0.135. The van der Waals surface area contributed by atoms with E-state index in [0.717, 1.165) is 23.3 Å². The van der Waals surface area contributed by atoms with Crippen LogP contribution in [0.3, 0.4) is 0 Å². The molecule has 142 valence electrons. The number of aryl methyl sites for hydroxylation is 1. The first-order valence-electron chi connectivity index (χ1n) is 8.65. The first-order valence-corrected chi connectivity index (χ1v) is 9.53. The fourth-order valence-electron chi connectivity index (χ4n) is 2.80. The Kier molecular flexibility index (Phi) is 5.70. The van der Waals surface area contributed by atoms with Gasteiger partial charge in [0.15, 0.2) is 10.8 Å². The molecule has 2 heterocycles. The van der Waals surface area contributed by atoms with Crippen LogP contribution in [0.1, 0.15) is 30.8 Å². The van der Waals surface area contributed by atoms with Crippen LogP contribution < -0.4 is 11.0 Å². The molecule has 0 atom stereocenters. The molecule has 3 rings (SSSR count). The maximum Gasteiger partial charge on any atom is 0.357 e. The van der Waals surface area contributed by atoms with Gasteiger partial charge in [0, 0.05) is 11.9 Å². The van der Waals surface area contributed by atoms with Gasteiger partial charge >= 0.3 is 11.7 Å². The summed E-state index contributed by atoms with van der Waals surface area (Å²) >= 11 is 1.13. The zero-order valence-electron chi connectivity index (χ0n) is 15.1. The number of para-hydroxylation sites is 2. The molecule has 0 bridgehead atoms. The molecule has 1 aromatic carbocycles. The van der Waals surface area contributed by atoms with Crippen LogP contribution in [0.15, 0.2) is 34.4 Å². The molecule has 0 aliphatic rings. The van der Waals surface area contributed by atoms with Crippen molar-refractivity contribution in [3.05, 3.63) is 45.8 Å². The molecule has 9 heteroatoms. The van der Waals surface area contributed by atoms with Crippen molar-refractivity contribution in [2.75, 3.05) is 11.9 Å². The molecule has 0 aliphatic carbocycles. The van der Waals surface area contributed by atoms with Crippen molar-refractivity contribution in [1.29, 1.82) is 0 Å². The number of amides is 1. The van der Waals surface area contributed by atoms with Crippen LogP contribution in [0.25, 0.3) is 11.0 Å². The van der Waals surface area contributed by atoms with E-state index in [0.29, 0.717) is 12.1 Å². The number of aromatic nitrogens is 3. The lowest BCUT2D eigenvalue weighted by molar-refractivity contribution is -0.116. The summed E-state index contributed by atoms with van der Waals surface area (Å²) in [5.74, 6) is -0.922.